The van der Waals surface area contributed by atoms with E-state index in [4.69, 9.17) is 9.47 Å². The molecule has 2 rings (SSSR count). The van der Waals surface area contributed by atoms with Crippen LogP contribution in [-0.4, -0.2) is 36.2 Å². The second-order valence-electron chi connectivity index (χ2n) is 8.06. The van der Waals surface area contributed by atoms with E-state index >= 15 is 0 Å². The molecule has 0 bridgehead atoms. The second kappa shape index (κ2) is 10.6. The zero-order chi connectivity index (χ0) is 21.3. The Morgan fingerprint density at radius 1 is 0.931 bits per heavy atom. The molecule has 0 N–H and O–H groups in total. The third kappa shape index (κ3) is 8.38. The Labute approximate surface area is 173 Å². The van der Waals surface area contributed by atoms with Gasteiger partial charge < -0.3 is 14.4 Å². The summed E-state index contributed by atoms with van der Waals surface area (Å²) < 4.78 is 10.3. The van der Waals surface area contributed by atoms with Crippen molar-refractivity contribution in [3.05, 3.63) is 71.3 Å². The fourth-order valence-corrected chi connectivity index (χ4v) is 2.98. The number of carbonyl (C=O) groups is 2. The Bertz CT molecular complexity index is 796. The predicted octanol–water partition coefficient (Wildman–Crippen LogP) is 4.77. The number of benzene rings is 2. The molecule has 0 unspecified atom stereocenters. The van der Waals surface area contributed by atoms with Gasteiger partial charge in [0.1, 0.15) is 5.60 Å². The van der Waals surface area contributed by atoms with Crippen molar-refractivity contribution < 1.29 is 19.1 Å². The monoisotopic (exact) mass is 397 g/mol. The molecular weight excluding hydrogens is 366 g/mol. The van der Waals surface area contributed by atoms with Gasteiger partial charge in [0, 0.05) is 13.1 Å². The summed E-state index contributed by atoms with van der Waals surface area (Å²) in [6, 6.07) is 17.9. The molecule has 156 valence electrons. The lowest BCUT2D eigenvalue weighted by atomic mass is 10.1. The molecule has 0 saturated carbocycles. The van der Waals surface area contributed by atoms with Gasteiger partial charge in [-0.25, -0.2) is 4.79 Å². The fraction of sp³-hybridized carbons (Fsp3) is 0.417. The van der Waals surface area contributed by atoms with Crippen LogP contribution in [0.4, 0.5) is 4.79 Å². The van der Waals surface area contributed by atoms with E-state index in [0.717, 1.165) is 24.0 Å². The van der Waals surface area contributed by atoms with Crippen LogP contribution in [0.1, 0.15) is 43.9 Å². The van der Waals surface area contributed by atoms with E-state index in [-0.39, 0.29) is 18.5 Å². The number of methoxy groups -OCH3 is 1. The lowest BCUT2D eigenvalue weighted by Gasteiger charge is -2.27. The van der Waals surface area contributed by atoms with Crippen molar-refractivity contribution in [1.29, 1.82) is 0 Å². The number of aryl methyl sites for hydroxylation is 1. The van der Waals surface area contributed by atoms with Gasteiger partial charge >= 0.3 is 12.1 Å². The van der Waals surface area contributed by atoms with E-state index in [1.807, 2.05) is 63.2 Å². The highest BCUT2D eigenvalue weighted by Gasteiger charge is 2.22. The summed E-state index contributed by atoms with van der Waals surface area (Å²) in [5, 5.41) is 0. The zero-order valence-electron chi connectivity index (χ0n) is 17.8. The minimum atomic E-state index is -0.554. The molecule has 0 atom stereocenters. The molecule has 0 aromatic heterocycles. The van der Waals surface area contributed by atoms with E-state index < -0.39 is 5.60 Å². The number of rotatable bonds is 8. The summed E-state index contributed by atoms with van der Waals surface area (Å²) in [6.07, 6.45) is 1.61. The van der Waals surface area contributed by atoms with Gasteiger partial charge in [0.15, 0.2) is 0 Å². The van der Waals surface area contributed by atoms with E-state index in [1.54, 1.807) is 4.90 Å². The van der Waals surface area contributed by atoms with Gasteiger partial charge in [-0.2, -0.15) is 0 Å². The highest BCUT2D eigenvalue weighted by molar-refractivity contribution is 5.72. The van der Waals surface area contributed by atoms with Crippen molar-refractivity contribution >= 4 is 12.1 Å². The van der Waals surface area contributed by atoms with Crippen molar-refractivity contribution in [3.63, 3.8) is 0 Å². The predicted molar refractivity (Wildman–Crippen MR) is 114 cm³/mol. The summed E-state index contributed by atoms with van der Waals surface area (Å²) in [5.74, 6) is -0.283. The zero-order valence-corrected chi connectivity index (χ0v) is 17.8. The normalized spacial score (nSPS) is 11.0. The van der Waals surface area contributed by atoms with Crippen LogP contribution in [0.2, 0.25) is 0 Å². The molecule has 0 aliphatic heterocycles. The maximum Gasteiger partial charge on any atom is 0.410 e. The van der Waals surface area contributed by atoms with Crippen LogP contribution in [0.25, 0.3) is 0 Å². The Hall–Kier alpha value is -2.82. The van der Waals surface area contributed by atoms with Crippen LogP contribution >= 0.6 is 0 Å². The average molecular weight is 398 g/mol. The number of carbonyl (C=O) groups excluding carboxylic acids is 2. The smallest absolute Gasteiger partial charge is 0.410 e. The standard InChI is InChI=1S/C24H31NO4/c1-24(2,3)29-23(27)25(15-9-14-19-10-6-5-7-11-19)18-21-13-8-12-20(16-21)17-22(26)28-4/h5-8,10-13,16H,9,14-15,17-18H2,1-4H3. The summed E-state index contributed by atoms with van der Waals surface area (Å²) in [7, 11) is 1.38. The van der Waals surface area contributed by atoms with Crippen LogP contribution < -0.4 is 0 Å². The van der Waals surface area contributed by atoms with E-state index in [2.05, 4.69) is 12.1 Å². The molecule has 0 fully saturated rings. The quantitative estimate of drug-likeness (QED) is 0.602. The van der Waals surface area contributed by atoms with Gasteiger partial charge in [-0.15, -0.1) is 0 Å². The van der Waals surface area contributed by atoms with Gasteiger partial charge in [0.2, 0.25) is 0 Å². The average Bonchev–Trinajstić information content (AvgIpc) is 2.67. The summed E-state index contributed by atoms with van der Waals surface area (Å²) >= 11 is 0. The molecule has 5 nitrogen and oxygen atoms in total. The lowest BCUT2D eigenvalue weighted by molar-refractivity contribution is -0.139. The Morgan fingerprint density at radius 3 is 2.24 bits per heavy atom. The van der Waals surface area contributed by atoms with E-state index in [0.29, 0.717) is 13.1 Å². The molecule has 1 amide bonds. The summed E-state index contributed by atoms with van der Waals surface area (Å²) in [5.41, 5.74) is 2.51. The SMILES string of the molecule is COC(=O)Cc1cccc(CN(CCCc2ccccc2)C(=O)OC(C)(C)C)c1. The second-order valence-corrected chi connectivity index (χ2v) is 8.06. The Balaban J connectivity index is 2.07. The minimum absolute atomic E-state index is 0.213. The molecule has 0 heterocycles. The number of ether oxygens (including phenoxy) is 2. The van der Waals surface area contributed by atoms with Crippen molar-refractivity contribution in [3.8, 4) is 0 Å². The molecule has 0 saturated heterocycles. The lowest BCUT2D eigenvalue weighted by Crippen LogP contribution is -2.37. The van der Waals surface area contributed by atoms with Crippen LogP contribution in [0.5, 0.6) is 0 Å². The first-order valence-corrected chi connectivity index (χ1v) is 9.93. The Morgan fingerprint density at radius 2 is 1.59 bits per heavy atom. The van der Waals surface area contributed by atoms with Crippen molar-refractivity contribution in [1.82, 2.24) is 4.90 Å². The number of hydrogen-bond acceptors (Lipinski definition) is 4. The third-order valence-corrected chi connectivity index (χ3v) is 4.33. The molecule has 5 heteroatoms. The first-order valence-electron chi connectivity index (χ1n) is 9.93. The van der Waals surface area contributed by atoms with Crippen LogP contribution in [-0.2, 0) is 33.7 Å². The molecule has 0 radical (unpaired) electrons. The summed E-state index contributed by atoms with van der Waals surface area (Å²) in [4.78, 5) is 26.0. The first-order chi connectivity index (χ1) is 13.8. The fourth-order valence-electron chi connectivity index (χ4n) is 2.98. The maximum absolute atomic E-state index is 12.7. The molecule has 2 aromatic carbocycles. The molecule has 0 aliphatic carbocycles. The number of hydrogen-bond donors (Lipinski definition) is 0. The molecule has 0 spiro atoms. The maximum atomic E-state index is 12.7. The molecule has 29 heavy (non-hydrogen) atoms. The number of nitrogens with zero attached hydrogens (tertiary/aromatic N) is 1. The highest BCUT2D eigenvalue weighted by Crippen LogP contribution is 2.15. The van der Waals surface area contributed by atoms with Gasteiger partial charge in [0.05, 0.1) is 13.5 Å². The molecule has 0 aliphatic rings. The van der Waals surface area contributed by atoms with Crippen LogP contribution in [0.15, 0.2) is 54.6 Å². The summed E-state index contributed by atoms with van der Waals surface area (Å²) in [6.45, 7) is 6.61. The molecule has 2 aromatic rings. The molecular formula is C24H31NO4. The van der Waals surface area contributed by atoms with Crippen molar-refractivity contribution in [2.75, 3.05) is 13.7 Å². The minimum Gasteiger partial charge on any atom is -0.469 e. The van der Waals surface area contributed by atoms with Gasteiger partial charge in [-0.1, -0.05) is 54.6 Å². The number of esters is 1. The van der Waals surface area contributed by atoms with Crippen LogP contribution in [0.3, 0.4) is 0 Å². The van der Waals surface area contributed by atoms with Gasteiger partial charge in [-0.3, -0.25) is 4.79 Å². The van der Waals surface area contributed by atoms with E-state index in [1.165, 1.54) is 12.7 Å². The first kappa shape index (κ1) is 22.5. The van der Waals surface area contributed by atoms with Crippen molar-refractivity contribution in [2.45, 2.75) is 52.2 Å². The van der Waals surface area contributed by atoms with Crippen LogP contribution in [0, 0.1) is 0 Å². The largest absolute Gasteiger partial charge is 0.469 e. The highest BCUT2D eigenvalue weighted by atomic mass is 16.6. The van der Waals surface area contributed by atoms with Gasteiger partial charge in [-0.05, 0) is 50.3 Å². The van der Waals surface area contributed by atoms with Crippen molar-refractivity contribution in [2.24, 2.45) is 0 Å². The Kier molecular flexibility index (Phi) is 8.25. The van der Waals surface area contributed by atoms with E-state index in [9.17, 15) is 9.59 Å². The van der Waals surface area contributed by atoms with Gasteiger partial charge in [0.25, 0.3) is 0 Å². The number of amides is 1. The topological polar surface area (TPSA) is 55.8 Å². The third-order valence-electron chi connectivity index (χ3n) is 4.33.